The third-order valence-electron chi connectivity index (χ3n) is 9.61. The van der Waals surface area contributed by atoms with Gasteiger partial charge in [-0.15, -0.1) is 0 Å². The molecule has 3 nitrogen and oxygen atoms in total. The molecule has 1 fully saturated rings. The fourth-order valence-electron chi connectivity index (χ4n) is 7.17. The van der Waals surface area contributed by atoms with E-state index in [2.05, 4.69) is 94.9 Å². The van der Waals surface area contributed by atoms with E-state index in [1.54, 1.807) is 0 Å². The molecule has 0 N–H and O–H groups in total. The number of aryl methyl sites for hydroxylation is 2. The van der Waals surface area contributed by atoms with Crippen LogP contribution in [-0.4, -0.2) is 4.98 Å². The Morgan fingerprint density at radius 3 is 2.50 bits per heavy atom. The van der Waals surface area contributed by atoms with Crippen molar-refractivity contribution in [3.8, 4) is 11.3 Å². The topological polar surface area (TPSA) is 29.9 Å². The van der Waals surface area contributed by atoms with Crippen molar-refractivity contribution in [2.45, 2.75) is 89.9 Å². The molecule has 0 unspecified atom stereocenters. The Morgan fingerprint density at radius 1 is 0.947 bits per heavy atom. The smallest absolute Gasteiger partial charge is 0.227 e. The minimum atomic E-state index is -0.488. The van der Waals surface area contributed by atoms with E-state index in [4.69, 9.17) is 10.8 Å². The Morgan fingerprint density at radius 2 is 1.71 bits per heavy atom. The molecule has 38 heavy (non-hydrogen) atoms. The minimum Gasteiger partial charge on any atom is -0.437 e. The summed E-state index contributed by atoms with van der Waals surface area (Å²) in [7, 11) is 2.09. The second-order valence-corrected chi connectivity index (χ2v) is 13.1. The average molecular weight is 505 g/mol. The van der Waals surface area contributed by atoms with Gasteiger partial charge in [0, 0.05) is 29.7 Å². The van der Waals surface area contributed by atoms with Gasteiger partial charge in [0.2, 0.25) is 11.4 Å². The minimum absolute atomic E-state index is 0.0689. The Balaban J connectivity index is 1.50. The van der Waals surface area contributed by atoms with Crippen LogP contribution in [0.3, 0.4) is 0 Å². The summed E-state index contributed by atoms with van der Waals surface area (Å²) in [6.07, 6.45) is 8.58. The highest BCUT2D eigenvalue weighted by Gasteiger charge is 2.39. The Bertz CT molecular complexity index is 1800. The summed E-state index contributed by atoms with van der Waals surface area (Å²) >= 11 is 0. The number of rotatable bonds is 2. The molecule has 1 saturated carbocycles. The van der Waals surface area contributed by atoms with Crippen molar-refractivity contribution in [2.75, 3.05) is 0 Å². The summed E-state index contributed by atoms with van der Waals surface area (Å²) in [5.74, 6) is -0.488. The summed E-state index contributed by atoms with van der Waals surface area (Å²) in [6.45, 7) is 11.6. The molecule has 0 bridgehead atoms. The van der Waals surface area contributed by atoms with E-state index < -0.39 is 5.89 Å². The largest absolute Gasteiger partial charge is 0.437 e. The SMILES string of the molecule is [2H]C1(c2cc[n+](C)c(-c3c(C)ccc4c3oc3nc5c6c(ccc5cc34)C(C)(C)CCC6(C)C)c2)CCCC1. The lowest BCUT2D eigenvalue weighted by Gasteiger charge is -2.42. The number of hydrogen-bond acceptors (Lipinski definition) is 2. The standard InChI is InChI=1S/C35H39N2O/c1-21-11-13-25-26-19-24-12-14-27-30(35(4,5)17-16-34(27,2)3)31(24)36-33(26)38-32(25)29(21)28-20-23(15-18-37(28)6)22-9-7-8-10-22/h11-15,18-20,22H,7-10,16-17H2,1-6H3/q+1/i22D. The molecule has 0 atom stereocenters. The number of pyridine rings is 2. The maximum atomic E-state index is 9.13. The molecule has 0 spiro atoms. The van der Waals surface area contributed by atoms with Crippen LogP contribution in [-0.2, 0) is 17.9 Å². The quantitative estimate of drug-likeness (QED) is 0.225. The first-order valence-electron chi connectivity index (χ1n) is 14.8. The second-order valence-electron chi connectivity index (χ2n) is 13.1. The van der Waals surface area contributed by atoms with Gasteiger partial charge >= 0.3 is 0 Å². The van der Waals surface area contributed by atoms with Crippen LogP contribution in [0.5, 0.6) is 0 Å². The van der Waals surface area contributed by atoms with Crippen LogP contribution in [0, 0.1) is 6.92 Å². The highest BCUT2D eigenvalue weighted by atomic mass is 16.3. The normalized spacial score (nSPS) is 20.2. The molecule has 0 amide bonds. The number of hydrogen-bond donors (Lipinski definition) is 0. The van der Waals surface area contributed by atoms with Gasteiger partial charge in [0.15, 0.2) is 11.8 Å². The van der Waals surface area contributed by atoms with Crippen molar-refractivity contribution in [1.82, 2.24) is 4.98 Å². The lowest BCUT2D eigenvalue weighted by Crippen LogP contribution is -2.34. The van der Waals surface area contributed by atoms with Gasteiger partial charge in [-0.05, 0) is 77.7 Å². The predicted octanol–water partition coefficient (Wildman–Crippen LogP) is 8.94. The van der Waals surface area contributed by atoms with Crippen LogP contribution in [0.25, 0.3) is 44.2 Å². The lowest BCUT2D eigenvalue weighted by molar-refractivity contribution is -0.660. The summed E-state index contributed by atoms with van der Waals surface area (Å²) < 4.78 is 18.0. The molecule has 5 aromatic rings. The van der Waals surface area contributed by atoms with Crippen molar-refractivity contribution < 1.29 is 10.4 Å². The lowest BCUT2D eigenvalue weighted by atomic mass is 9.62. The van der Waals surface area contributed by atoms with E-state index in [1.807, 2.05) is 0 Å². The Hall–Kier alpha value is -3.20. The van der Waals surface area contributed by atoms with Gasteiger partial charge in [-0.3, -0.25) is 0 Å². The zero-order valence-electron chi connectivity index (χ0n) is 24.7. The van der Waals surface area contributed by atoms with Crippen molar-refractivity contribution >= 4 is 33.0 Å². The van der Waals surface area contributed by atoms with E-state index in [1.165, 1.54) is 28.5 Å². The van der Waals surface area contributed by atoms with Crippen molar-refractivity contribution in [3.63, 3.8) is 0 Å². The van der Waals surface area contributed by atoms with Crippen LogP contribution < -0.4 is 4.57 Å². The second kappa shape index (κ2) is 8.15. The number of nitrogens with zero attached hydrogens (tertiary/aromatic N) is 2. The zero-order chi connectivity index (χ0) is 27.3. The molecule has 3 aromatic heterocycles. The van der Waals surface area contributed by atoms with E-state index in [9.17, 15) is 0 Å². The summed E-state index contributed by atoms with van der Waals surface area (Å²) in [5.41, 5.74) is 10.2. The highest BCUT2D eigenvalue weighted by molar-refractivity contribution is 6.11. The Kier molecular flexibility index (Phi) is 4.88. The maximum Gasteiger partial charge on any atom is 0.227 e. The van der Waals surface area contributed by atoms with Crippen LogP contribution in [0.2, 0.25) is 0 Å². The fourth-order valence-corrected chi connectivity index (χ4v) is 7.17. The van der Waals surface area contributed by atoms with E-state index in [0.717, 1.165) is 70.8 Å². The van der Waals surface area contributed by atoms with Gasteiger partial charge < -0.3 is 4.42 Å². The number of furan rings is 1. The average Bonchev–Trinajstić information content (AvgIpc) is 3.49. The number of benzene rings is 2. The van der Waals surface area contributed by atoms with Gasteiger partial charge in [-0.25, -0.2) is 9.55 Å². The summed E-state index contributed by atoms with van der Waals surface area (Å²) in [4.78, 5) is 5.26. The third-order valence-corrected chi connectivity index (χ3v) is 9.61. The molecular formula is C35H39N2O+. The summed E-state index contributed by atoms with van der Waals surface area (Å²) in [5, 5.41) is 3.35. The molecule has 2 aromatic carbocycles. The third kappa shape index (κ3) is 3.47. The van der Waals surface area contributed by atoms with Crippen LogP contribution in [0.1, 0.15) is 95.7 Å². The molecule has 0 radical (unpaired) electrons. The monoisotopic (exact) mass is 504 g/mol. The molecule has 194 valence electrons. The van der Waals surface area contributed by atoms with Crippen molar-refractivity contribution in [1.29, 1.82) is 0 Å². The van der Waals surface area contributed by atoms with Crippen LogP contribution in [0.4, 0.5) is 0 Å². The molecular weight excluding hydrogens is 464 g/mol. The molecule has 2 aliphatic rings. The molecule has 0 aliphatic heterocycles. The molecule has 2 aliphatic carbocycles. The Labute approximate surface area is 227 Å². The predicted molar refractivity (Wildman–Crippen MR) is 157 cm³/mol. The van der Waals surface area contributed by atoms with Gasteiger partial charge in [0.05, 0.1) is 11.1 Å². The molecule has 3 heterocycles. The van der Waals surface area contributed by atoms with Crippen molar-refractivity contribution in [2.24, 2.45) is 7.05 Å². The van der Waals surface area contributed by atoms with Crippen molar-refractivity contribution in [3.05, 3.63) is 70.9 Å². The van der Waals surface area contributed by atoms with E-state index in [-0.39, 0.29) is 10.8 Å². The van der Waals surface area contributed by atoms with Gasteiger partial charge in [-0.1, -0.05) is 64.8 Å². The highest BCUT2D eigenvalue weighted by Crippen LogP contribution is 2.49. The van der Waals surface area contributed by atoms with Crippen LogP contribution >= 0.6 is 0 Å². The van der Waals surface area contributed by atoms with Crippen LogP contribution in [0.15, 0.2) is 53.1 Å². The molecule has 0 saturated heterocycles. The van der Waals surface area contributed by atoms with Gasteiger partial charge in [0.25, 0.3) is 0 Å². The first kappa shape index (κ1) is 22.8. The zero-order valence-corrected chi connectivity index (χ0v) is 23.7. The molecule has 7 rings (SSSR count). The van der Waals surface area contributed by atoms with Gasteiger partial charge in [-0.2, -0.15) is 0 Å². The van der Waals surface area contributed by atoms with E-state index in [0.29, 0.717) is 5.71 Å². The summed E-state index contributed by atoms with van der Waals surface area (Å²) in [6, 6.07) is 15.6. The first-order valence-corrected chi connectivity index (χ1v) is 14.3. The molecule has 3 heteroatoms. The van der Waals surface area contributed by atoms with Gasteiger partial charge in [0.1, 0.15) is 7.05 Å². The van der Waals surface area contributed by atoms with E-state index >= 15 is 0 Å². The number of aromatic nitrogens is 2. The fraction of sp³-hybridized carbons (Fsp3) is 0.429. The maximum absolute atomic E-state index is 9.13. The number of fused-ring (bicyclic) bond motifs is 6. The first-order chi connectivity index (χ1) is 18.5.